The van der Waals surface area contributed by atoms with Gasteiger partial charge in [0.25, 0.3) is 0 Å². The van der Waals surface area contributed by atoms with E-state index in [1.54, 1.807) is 6.07 Å². The van der Waals surface area contributed by atoms with E-state index in [4.69, 9.17) is 9.47 Å². The van der Waals surface area contributed by atoms with E-state index in [0.717, 1.165) is 24.8 Å². The molecule has 0 aliphatic carbocycles. The molecule has 3 atom stereocenters. The second kappa shape index (κ2) is 16.1. The molecule has 1 heterocycles. The van der Waals surface area contributed by atoms with E-state index < -0.39 is 12.2 Å². The van der Waals surface area contributed by atoms with E-state index in [1.165, 1.54) is 64.2 Å². The molecule has 1 aliphatic heterocycles. The minimum atomic E-state index is -0.860. The molecule has 32 heavy (non-hydrogen) atoms. The lowest BCUT2D eigenvalue weighted by Crippen LogP contribution is -2.42. The lowest BCUT2D eigenvalue weighted by Gasteiger charge is -2.37. The highest BCUT2D eigenvalue weighted by Crippen LogP contribution is 2.40. The number of hydrogen-bond donors (Lipinski definition) is 2. The maximum absolute atomic E-state index is 12.3. The van der Waals surface area contributed by atoms with Gasteiger partial charge in [0.1, 0.15) is 5.75 Å². The van der Waals surface area contributed by atoms with E-state index in [0.29, 0.717) is 12.2 Å². The standard InChI is InChI=1S/C27H44O5/c1-2-3-4-5-6-7-8-9-10-11-12-13-14-19-26(30)32-27-24(21-29)23(20-28)22-17-15-16-18-25(22)31-27/h15-18,23-24,27-29H,2-14,19-21H2,1H3. The predicted molar refractivity (Wildman–Crippen MR) is 128 cm³/mol. The Balaban J connectivity index is 1.56. The van der Waals surface area contributed by atoms with Crippen molar-refractivity contribution < 1.29 is 24.5 Å². The Morgan fingerprint density at radius 2 is 1.41 bits per heavy atom. The minimum Gasteiger partial charge on any atom is -0.454 e. The molecule has 182 valence electrons. The summed E-state index contributed by atoms with van der Waals surface area (Å²) in [5, 5.41) is 19.6. The molecule has 1 aliphatic rings. The summed E-state index contributed by atoms with van der Waals surface area (Å²) in [5.74, 6) is -0.466. The van der Waals surface area contributed by atoms with Crippen molar-refractivity contribution in [3.8, 4) is 5.75 Å². The Morgan fingerprint density at radius 1 is 0.844 bits per heavy atom. The first-order valence-electron chi connectivity index (χ1n) is 12.9. The van der Waals surface area contributed by atoms with Gasteiger partial charge in [-0.05, 0) is 12.5 Å². The van der Waals surface area contributed by atoms with Crippen molar-refractivity contribution in [1.82, 2.24) is 0 Å². The third-order valence-electron chi connectivity index (χ3n) is 6.57. The lowest BCUT2D eigenvalue weighted by molar-refractivity contribution is -0.179. The van der Waals surface area contributed by atoms with E-state index in [1.807, 2.05) is 18.2 Å². The van der Waals surface area contributed by atoms with E-state index in [-0.39, 0.29) is 25.1 Å². The molecule has 1 aromatic carbocycles. The number of aliphatic hydroxyl groups is 2. The molecule has 0 bridgehead atoms. The zero-order valence-electron chi connectivity index (χ0n) is 20.0. The van der Waals surface area contributed by atoms with Crippen molar-refractivity contribution in [3.63, 3.8) is 0 Å². The van der Waals surface area contributed by atoms with Crippen LogP contribution in [0, 0.1) is 5.92 Å². The van der Waals surface area contributed by atoms with Gasteiger partial charge in [0, 0.05) is 17.9 Å². The number of benzene rings is 1. The number of hydrogen-bond acceptors (Lipinski definition) is 5. The number of fused-ring (bicyclic) bond motifs is 1. The molecule has 5 nitrogen and oxygen atoms in total. The van der Waals surface area contributed by atoms with Gasteiger partial charge in [0.2, 0.25) is 6.29 Å². The average Bonchev–Trinajstić information content (AvgIpc) is 2.81. The summed E-state index contributed by atoms with van der Waals surface area (Å²) in [7, 11) is 0. The highest BCUT2D eigenvalue weighted by molar-refractivity contribution is 5.69. The topological polar surface area (TPSA) is 76.0 Å². The molecule has 0 aromatic heterocycles. The number of rotatable bonds is 17. The van der Waals surface area contributed by atoms with Gasteiger partial charge < -0.3 is 19.7 Å². The SMILES string of the molecule is CCCCCCCCCCCCCCCC(=O)OC1Oc2ccccc2C(CO)C1CO. The molecule has 0 saturated carbocycles. The van der Waals surface area contributed by atoms with Crippen LogP contribution < -0.4 is 4.74 Å². The molecule has 0 radical (unpaired) electrons. The van der Waals surface area contributed by atoms with Gasteiger partial charge >= 0.3 is 5.97 Å². The average molecular weight is 449 g/mol. The molecular weight excluding hydrogens is 404 g/mol. The summed E-state index contributed by atoms with van der Waals surface area (Å²) in [6, 6.07) is 7.41. The van der Waals surface area contributed by atoms with Crippen LogP contribution in [0.15, 0.2) is 24.3 Å². The summed E-state index contributed by atoms with van der Waals surface area (Å²) < 4.78 is 11.4. The van der Waals surface area contributed by atoms with Crippen LogP contribution in [0.3, 0.4) is 0 Å². The highest BCUT2D eigenvalue weighted by Gasteiger charge is 2.39. The number of carbonyl (C=O) groups excluding carboxylic acids is 1. The predicted octanol–water partition coefficient (Wildman–Crippen LogP) is 6.11. The van der Waals surface area contributed by atoms with Crippen molar-refractivity contribution in [2.24, 2.45) is 5.92 Å². The van der Waals surface area contributed by atoms with Crippen molar-refractivity contribution in [2.45, 2.75) is 109 Å². The molecule has 1 aromatic rings. The fourth-order valence-corrected chi connectivity index (χ4v) is 4.56. The molecule has 2 rings (SSSR count). The molecule has 5 heteroatoms. The maximum atomic E-state index is 12.3. The lowest BCUT2D eigenvalue weighted by atomic mass is 9.84. The first kappa shape index (κ1) is 26.7. The molecular formula is C27H44O5. The van der Waals surface area contributed by atoms with Crippen LogP contribution in [0.2, 0.25) is 0 Å². The van der Waals surface area contributed by atoms with Gasteiger partial charge in [-0.2, -0.15) is 0 Å². The van der Waals surface area contributed by atoms with Crippen molar-refractivity contribution >= 4 is 5.97 Å². The zero-order chi connectivity index (χ0) is 23.0. The Morgan fingerprint density at radius 3 is 1.97 bits per heavy atom. The summed E-state index contributed by atoms with van der Waals surface area (Å²) in [5.41, 5.74) is 0.845. The maximum Gasteiger partial charge on any atom is 0.308 e. The fourth-order valence-electron chi connectivity index (χ4n) is 4.56. The van der Waals surface area contributed by atoms with E-state index in [9.17, 15) is 15.0 Å². The molecule has 0 spiro atoms. The van der Waals surface area contributed by atoms with Gasteiger partial charge in [-0.3, -0.25) is 4.79 Å². The largest absolute Gasteiger partial charge is 0.454 e. The van der Waals surface area contributed by atoms with Crippen molar-refractivity contribution in [2.75, 3.05) is 13.2 Å². The van der Waals surface area contributed by atoms with Crippen LogP contribution in [0.1, 0.15) is 108 Å². The van der Waals surface area contributed by atoms with E-state index in [2.05, 4.69) is 6.92 Å². The van der Waals surface area contributed by atoms with Gasteiger partial charge in [0.05, 0.1) is 19.1 Å². The summed E-state index contributed by atoms with van der Waals surface area (Å²) in [6.07, 6.45) is 15.9. The first-order valence-corrected chi connectivity index (χ1v) is 12.9. The third kappa shape index (κ3) is 9.11. The van der Waals surface area contributed by atoms with Crippen LogP contribution in [-0.2, 0) is 9.53 Å². The Kier molecular flexibility index (Phi) is 13.4. The monoisotopic (exact) mass is 448 g/mol. The highest BCUT2D eigenvalue weighted by atomic mass is 16.7. The van der Waals surface area contributed by atoms with Gasteiger partial charge in [0.15, 0.2) is 0 Å². The summed E-state index contributed by atoms with van der Waals surface area (Å²) in [4.78, 5) is 12.3. The second-order valence-corrected chi connectivity index (χ2v) is 9.14. The second-order valence-electron chi connectivity index (χ2n) is 9.14. The molecule has 0 saturated heterocycles. The molecule has 2 N–H and O–H groups in total. The third-order valence-corrected chi connectivity index (χ3v) is 6.57. The molecule has 0 fully saturated rings. The smallest absolute Gasteiger partial charge is 0.308 e. The Hall–Kier alpha value is -1.59. The number of ether oxygens (including phenoxy) is 2. The minimum absolute atomic E-state index is 0.126. The fraction of sp³-hybridized carbons (Fsp3) is 0.741. The number of aliphatic hydroxyl groups excluding tert-OH is 2. The summed E-state index contributed by atoms with van der Waals surface area (Å²) in [6.45, 7) is 1.92. The molecule has 3 unspecified atom stereocenters. The van der Waals surface area contributed by atoms with Gasteiger partial charge in [-0.15, -0.1) is 0 Å². The van der Waals surface area contributed by atoms with Crippen LogP contribution in [0.25, 0.3) is 0 Å². The number of unbranched alkanes of at least 4 members (excludes halogenated alkanes) is 12. The first-order chi connectivity index (χ1) is 15.7. The number of esters is 1. The van der Waals surface area contributed by atoms with Crippen molar-refractivity contribution in [3.05, 3.63) is 29.8 Å². The summed E-state index contributed by atoms with van der Waals surface area (Å²) >= 11 is 0. The zero-order valence-corrected chi connectivity index (χ0v) is 20.0. The normalized spacial score (nSPS) is 19.9. The number of carbonyl (C=O) groups is 1. The van der Waals surface area contributed by atoms with Crippen LogP contribution in [0.5, 0.6) is 5.75 Å². The van der Waals surface area contributed by atoms with Crippen LogP contribution in [-0.4, -0.2) is 35.7 Å². The quantitative estimate of drug-likeness (QED) is 0.222. The number of para-hydroxylation sites is 1. The van der Waals surface area contributed by atoms with E-state index >= 15 is 0 Å². The Bertz CT molecular complexity index is 632. The Labute approximate surface area is 194 Å². The van der Waals surface area contributed by atoms with Crippen molar-refractivity contribution in [1.29, 1.82) is 0 Å². The molecule has 0 amide bonds. The van der Waals surface area contributed by atoms with Crippen LogP contribution in [0.4, 0.5) is 0 Å². The van der Waals surface area contributed by atoms with Gasteiger partial charge in [-0.1, -0.05) is 102 Å². The van der Waals surface area contributed by atoms with Crippen LogP contribution >= 0.6 is 0 Å². The van der Waals surface area contributed by atoms with Gasteiger partial charge in [-0.25, -0.2) is 0 Å².